The van der Waals surface area contributed by atoms with Gasteiger partial charge in [-0.25, -0.2) is 4.98 Å². The number of carbonyl (C=O) groups excluding carboxylic acids is 1. The summed E-state index contributed by atoms with van der Waals surface area (Å²) >= 11 is 0. The number of amides is 1. The minimum atomic E-state index is -0.363. The molecule has 1 saturated heterocycles. The molecule has 2 aliphatic rings. The Bertz CT molecular complexity index is 1290. The summed E-state index contributed by atoms with van der Waals surface area (Å²) in [6.45, 7) is 13.4. The number of nitrogens with one attached hydrogen (secondary N) is 5. The van der Waals surface area contributed by atoms with E-state index < -0.39 is 0 Å². The third kappa shape index (κ3) is 5.57. The van der Waals surface area contributed by atoms with Gasteiger partial charge in [0.05, 0.1) is 30.5 Å². The van der Waals surface area contributed by atoms with Crippen molar-refractivity contribution in [3.8, 4) is 0 Å². The van der Waals surface area contributed by atoms with Crippen molar-refractivity contribution >= 4 is 23.5 Å². The smallest absolute Gasteiger partial charge is 0.253 e. The Labute approximate surface area is 211 Å². The predicted molar refractivity (Wildman–Crippen MR) is 142 cm³/mol. The van der Waals surface area contributed by atoms with E-state index in [0.29, 0.717) is 41.4 Å². The fraction of sp³-hybridized carbons (Fsp3) is 0.481. The van der Waals surface area contributed by atoms with Crippen LogP contribution in [-0.4, -0.2) is 52.4 Å². The van der Waals surface area contributed by atoms with Crippen molar-refractivity contribution in [2.45, 2.75) is 71.6 Å². The minimum absolute atomic E-state index is 0.0750. The van der Waals surface area contributed by atoms with Crippen molar-refractivity contribution in [1.29, 1.82) is 5.41 Å². The van der Waals surface area contributed by atoms with Gasteiger partial charge >= 0.3 is 0 Å². The lowest BCUT2D eigenvalue weighted by Crippen LogP contribution is -2.53. The summed E-state index contributed by atoms with van der Waals surface area (Å²) in [6, 6.07) is 3.71. The van der Waals surface area contributed by atoms with Gasteiger partial charge in [-0.15, -0.1) is 0 Å². The second kappa shape index (κ2) is 9.63. The van der Waals surface area contributed by atoms with Crippen LogP contribution in [0.15, 0.2) is 23.0 Å². The van der Waals surface area contributed by atoms with Crippen molar-refractivity contribution in [2.75, 3.05) is 18.5 Å². The van der Waals surface area contributed by atoms with E-state index in [9.17, 15) is 9.59 Å². The van der Waals surface area contributed by atoms with Crippen LogP contribution in [0.3, 0.4) is 0 Å². The minimum Gasteiger partial charge on any atom is -0.377 e. The Morgan fingerprint density at radius 1 is 1.25 bits per heavy atom. The highest BCUT2D eigenvalue weighted by atomic mass is 16.5. The summed E-state index contributed by atoms with van der Waals surface area (Å²) in [5.74, 6) is 0.123. The molecule has 0 spiro atoms. The molecular formula is C27H36N6O3. The van der Waals surface area contributed by atoms with Crippen molar-refractivity contribution < 1.29 is 9.53 Å². The zero-order chi connectivity index (χ0) is 26.3. The number of carbonyl (C=O) groups is 1. The van der Waals surface area contributed by atoms with Gasteiger partial charge in [-0.05, 0) is 71.2 Å². The van der Waals surface area contributed by atoms with Crippen molar-refractivity contribution in [3.05, 3.63) is 62.2 Å². The van der Waals surface area contributed by atoms with E-state index in [-0.39, 0.29) is 35.1 Å². The molecule has 4 heterocycles. The van der Waals surface area contributed by atoms with Crippen LogP contribution in [-0.2, 0) is 11.3 Å². The molecule has 4 rings (SSSR count). The quantitative estimate of drug-likeness (QED) is 0.378. The zero-order valence-electron chi connectivity index (χ0n) is 21.9. The Morgan fingerprint density at radius 2 is 1.97 bits per heavy atom. The lowest BCUT2D eigenvalue weighted by atomic mass is 9.82. The van der Waals surface area contributed by atoms with Crippen molar-refractivity contribution in [3.63, 3.8) is 0 Å². The first kappa shape index (κ1) is 25.8. The normalized spacial score (nSPS) is 18.7. The van der Waals surface area contributed by atoms with E-state index in [1.54, 1.807) is 6.07 Å². The Hall–Kier alpha value is -3.30. The standard InChI is InChI=1S/C27H36N6O3/c1-15-7-16(2)30-25(35)21(15)12-29-24(34)19-8-22(17-9-26(3,4)33-27(5,6)10-17)32-23(20(19)11-28)31-18-13-36-14-18/h7-9,11,18,28,33H,10,12-14H2,1-6H3,(H,29,34)(H,30,35)(H,31,32). The molecule has 0 saturated carbocycles. The summed E-state index contributed by atoms with van der Waals surface area (Å²) in [4.78, 5) is 33.6. The van der Waals surface area contributed by atoms with E-state index in [1.807, 2.05) is 19.9 Å². The highest BCUT2D eigenvalue weighted by Gasteiger charge is 2.34. The maximum atomic E-state index is 13.5. The maximum absolute atomic E-state index is 13.5. The van der Waals surface area contributed by atoms with Crippen molar-refractivity contribution in [1.82, 2.24) is 20.6 Å². The van der Waals surface area contributed by atoms with E-state index in [0.717, 1.165) is 29.5 Å². The first-order valence-electron chi connectivity index (χ1n) is 12.3. The monoisotopic (exact) mass is 492 g/mol. The number of rotatable bonds is 7. The molecule has 0 radical (unpaired) electrons. The first-order chi connectivity index (χ1) is 16.9. The number of aryl methyl sites for hydroxylation is 2. The number of anilines is 1. The van der Waals surface area contributed by atoms with Crippen LogP contribution in [0.2, 0.25) is 0 Å². The number of hydrogen-bond acceptors (Lipinski definition) is 7. The molecule has 0 unspecified atom stereocenters. The number of aromatic amines is 1. The molecule has 2 aromatic heterocycles. The fourth-order valence-corrected chi connectivity index (χ4v) is 5.12. The molecule has 5 N–H and O–H groups in total. The highest BCUT2D eigenvalue weighted by molar-refractivity contribution is 6.05. The summed E-state index contributed by atoms with van der Waals surface area (Å²) < 4.78 is 5.30. The van der Waals surface area contributed by atoms with Crippen LogP contribution in [0.4, 0.5) is 5.82 Å². The number of ether oxygens (including phenoxy) is 1. The molecule has 1 fully saturated rings. The van der Waals surface area contributed by atoms with Crippen molar-refractivity contribution in [2.24, 2.45) is 0 Å². The molecule has 0 aromatic carbocycles. The molecule has 0 bridgehead atoms. The van der Waals surface area contributed by atoms with Gasteiger partial charge in [0.25, 0.3) is 11.5 Å². The average Bonchev–Trinajstić information content (AvgIpc) is 2.72. The summed E-state index contributed by atoms with van der Waals surface area (Å²) in [6.07, 6.45) is 4.04. The second-order valence-electron chi connectivity index (χ2n) is 11.0. The van der Waals surface area contributed by atoms with Gasteiger partial charge < -0.3 is 31.1 Å². The van der Waals surface area contributed by atoms with Crippen LogP contribution < -0.4 is 21.5 Å². The van der Waals surface area contributed by atoms with Crippen LogP contribution in [0.25, 0.3) is 5.57 Å². The second-order valence-corrected chi connectivity index (χ2v) is 11.0. The third-order valence-electron chi connectivity index (χ3n) is 6.50. The fourth-order valence-electron chi connectivity index (χ4n) is 5.12. The van der Waals surface area contributed by atoms with Crippen LogP contribution >= 0.6 is 0 Å². The number of nitrogens with zero attached hydrogens (tertiary/aromatic N) is 1. The molecule has 36 heavy (non-hydrogen) atoms. The maximum Gasteiger partial charge on any atom is 0.253 e. The molecule has 9 heteroatoms. The van der Waals surface area contributed by atoms with E-state index in [2.05, 4.69) is 54.7 Å². The topological polar surface area (TPSA) is 132 Å². The SMILES string of the molecule is Cc1cc(C)c(CNC(=O)c2cc(C3=CC(C)(C)NC(C)(C)C3)nc(NC3COC3)c2C=N)c(=O)[nH]1. The molecule has 0 aliphatic carbocycles. The molecule has 9 nitrogen and oxygen atoms in total. The number of pyridine rings is 2. The van der Waals surface area contributed by atoms with Gasteiger partial charge in [0.15, 0.2) is 0 Å². The molecule has 1 amide bonds. The van der Waals surface area contributed by atoms with E-state index in [1.165, 1.54) is 0 Å². The Morgan fingerprint density at radius 3 is 2.56 bits per heavy atom. The largest absolute Gasteiger partial charge is 0.377 e. The molecule has 192 valence electrons. The van der Waals surface area contributed by atoms with Gasteiger partial charge in [0.2, 0.25) is 0 Å². The van der Waals surface area contributed by atoms with E-state index >= 15 is 0 Å². The van der Waals surface area contributed by atoms with Crippen LogP contribution in [0.5, 0.6) is 0 Å². The van der Waals surface area contributed by atoms with Gasteiger partial charge in [-0.3, -0.25) is 9.59 Å². The van der Waals surface area contributed by atoms with Crippen LogP contribution in [0.1, 0.15) is 72.6 Å². The third-order valence-corrected chi connectivity index (χ3v) is 6.50. The number of hydrogen-bond donors (Lipinski definition) is 5. The lowest BCUT2D eigenvalue weighted by molar-refractivity contribution is 0.0209. The molecule has 2 aromatic rings. The molecule has 2 aliphatic heterocycles. The van der Waals surface area contributed by atoms with Gasteiger partial charge in [0.1, 0.15) is 5.82 Å². The summed E-state index contributed by atoms with van der Waals surface area (Å²) in [5, 5.41) is 17.9. The summed E-state index contributed by atoms with van der Waals surface area (Å²) in [7, 11) is 0. The summed E-state index contributed by atoms with van der Waals surface area (Å²) in [5.41, 5.74) is 3.96. The average molecular weight is 493 g/mol. The van der Waals surface area contributed by atoms with E-state index in [4.69, 9.17) is 15.1 Å². The number of aromatic nitrogens is 2. The van der Waals surface area contributed by atoms with Gasteiger partial charge in [0, 0.05) is 40.7 Å². The van der Waals surface area contributed by atoms with Gasteiger partial charge in [-0.2, -0.15) is 0 Å². The highest BCUT2D eigenvalue weighted by Crippen LogP contribution is 2.34. The molecular weight excluding hydrogens is 456 g/mol. The predicted octanol–water partition coefficient (Wildman–Crippen LogP) is 3.06. The zero-order valence-corrected chi connectivity index (χ0v) is 21.9. The lowest BCUT2D eigenvalue weighted by Gasteiger charge is -2.41. The Kier molecular flexibility index (Phi) is 6.90. The van der Waals surface area contributed by atoms with Gasteiger partial charge in [-0.1, -0.05) is 6.08 Å². The molecule has 0 atom stereocenters. The number of H-pyrrole nitrogens is 1. The Balaban J connectivity index is 1.73. The van der Waals surface area contributed by atoms with Crippen LogP contribution in [0, 0.1) is 19.3 Å². The first-order valence-corrected chi connectivity index (χ1v) is 12.3.